The molecular formula is C14H22N2O4S. The van der Waals surface area contributed by atoms with E-state index < -0.39 is 10.0 Å². The molecule has 6 nitrogen and oxygen atoms in total. The summed E-state index contributed by atoms with van der Waals surface area (Å²) in [5.74, 6) is 0.827. The number of nitrogens with zero attached hydrogens (tertiary/aromatic N) is 1. The summed E-state index contributed by atoms with van der Waals surface area (Å²) in [7, 11) is -1.52. The summed E-state index contributed by atoms with van der Waals surface area (Å²) in [5.41, 5.74) is 0.807. The zero-order valence-corrected chi connectivity index (χ0v) is 13.2. The van der Waals surface area contributed by atoms with E-state index in [2.05, 4.69) is 5.32 Å². The summed E-state index contributed by atoms with van der Waals surface area (Å²) in [6.45, 7) is 1.65. The Morgan fingerprint density at radius 1 is 1.38 bits per heavy atom. The van der Waals surface area contributed by atoms with E-state index >= 15 is 0 Å². The minimum Gasteiger partial charge on any atom is -0.507 e. The van der Waals surface area contributed by atoms with Crippen molar-refractivity contribution in [1.82, 2.24) is 9.62 Å². The number of phenols is 1. The first-order valence-corrected chi connectivity index (χ1v) is 8.79. The van der Waals surface area contributed by atoms with Crippen molar-refractivity contribution in [2.75, 3.05) is 26.5 Å². The minimum absolute atomic E-state index is 0.204. The third-order valence-electron chi connectivity index (χ3n) is 3.80. The molecule has 0 amide bonds. The predicted octanol–water partition coefficient (Wildman–Crippen LogP) is 0.914. The van der Waals surface area contributed by atoms with Gasteiger partial charge in [-0.15, -0.1) is 0 Å². The molecule has 2 N–H and O–H groups in total. The highest BCUT2D eigenvalue weighted by molar-refractivity contribution is 7.88. The van der Waals surface area contributed by atoms with Crippen molar-refractivity contribution in [3.8, 4) is 11.5 Å². The minimum atomic E-state index is -3.08. The molecule has 0 saturated carbocycles. The SMILES string of the molecule is COc1ccc(CNC2CCN(S(C)(=O)=O)CC2)c(O)c1. The topological polar surface area (TPSA) is 78.9 Å². The van der Waals surface area contributed by atoms with Gasteiger partial charge in [-0.2, -0.15) is 0 Å². The molecule has 0 bridgehead atoms. The molecule has 1 aromatic rings. The number of benzene rings is 1. The van der Waals surface area contributed by atoms with Crippen LogP contribution in [0.4, 0.5) is 0 Å². The number of methoxy groups -OCH3 is 1. The van der Waals surface area contributed by atoms with Crippen molar-refractivity contribution in [2.24, 2.45) is 0 Å². The van der Waals surface area contributed by atoms with Crippen molar-refractivity contribution in [3.05, 3.63) is 23.8 Å². The fourth-order valence-electron chi connectivity index (χ4n) is 2.47. The van der Waals surface area contributed by atoms with Crippen LogP contribution >= 0.6 is 0 Å². The smallest absolute Gasteiger partial charge is 0.211 e. The van der Waals surface area contributed by atoms with Crippen LogP contribution < -0.4 is 10.1 Å². The second-order valence-electron chi connectivity index (χ2n) is 5.31. The summed E-state index contributed by atoms with van der Waals surface area (Å²) in [4.78, 5) is 0. The zero-order valence-electron chi connectivity index (χ0n) is 12.4. The van der Waals surface area contributed by atoms with E-state index in [9.17, 15) is 13.5 Å². The summed E-state index contributed by atoms with van der Waals surface area (Å²) in [5, 5.41) is 13.3. The Kier molecular flexibility index (Phi) is 5.08. The highest BCUT2D eigenvalue weighted by atomic mass is 32.2. The number of phenolic OH excluding ortho intramolecular Hbond substituents is 1. The molecule has 118 valence electrons. The van der Waals surface area contributed by atoms with Gasteiger partial charge in [0.25, 0.3) is 0 Å². The molecule has 0 aliphatic carbocycles. The molecule has 0 unspecified atom stereocenters. The fourth-order valence-corrected chi connectivity index (χ4v) is 3.34. The Labute approximate surface area is 125 Å². The average Bonchev–Trinajstić information content (AvgIpc) is 2.45. The summed E-state index contributed by atoms with van der Waals surface area (Å²) < 4.78 is 29.4. The fraction of sp³-hybridized carbons (Fsp3) is 0.571. The van der Waals surface area contributed by atoms with Crippen molar-refractivity contribution in [2.45, 2.75) is 25.4 Å². The summed E-state index contributed by atoms with van der Waals surface area (Å²) in [6.07, 6.45) is 2.81. The molecule has 1 heterocycles. The number of hydrogen-bond acceptors (Lipinski definition) is 5. The number of rotatable bonds is 5. The van der Waals surface area contributed by atoms with Gasteiger partial charge in [-0.25, -0.2) is 12.7 Å². The second kappa shape index (κ2) is 6.64. The number of hydrogen-bond donors (Lipinski definition) is 2. The third-order valence-corrected chi connectivity index (χ3v) is 5.10. The molecule has 0 radical (unpaired) electrons. The molecule has 0 aromatic heterocycles. The second-order valence-corrected chi connectivity index (χ2v) is 7.29. The average molecular weight is 314 g/mol. The van der Waals surface area contributed by atoms with E-state index in [4.69, 9.17) is 4.74 Å². The summed E-state index contributed by atoms with van der Waals surface area (Å²) in [6, 6.07) is 5.49. The van der Waals surface area contributed by atoms with Crippen molar-refractivity contribution in [3.63, 3.8) is 0 Å². The van der Waals surface area contributed by atoms with Crippen molar-refractivity contribution < 1.29 is 18.3 Å². The van der Waals surface area contributed by atoms with Gasteiger partial charge in [0.05, 0.1) is 13.4 Å². The molecule has 0 spiro atoms. The monoisotopic (exact) mass is 314 g/mol. The van der Waals surface area contributed by atoms with Crippen molar-refractivity contribution >= 4 is 10.0 Å². The number of sulfonamides is 1. The Balaban J connectivity index is 1.85. The number of aromatic hydroxyl groups is 1. The van der Waals surface area contributed by atoms with Gasteiger partial charge in [0.2, 0.25) is 10.0 Å². The molecule has 2 rings (SSSR count). The van der Waals surface area contributed by atoms with Gasteiger partial charge >= 0.3 is 0 Å². The maximum atomic E-state index is 11.4. The van der Waals surface area contributed by atoms with E-state index in [1.807, 2.05) is 12.1 Å². The van der Waals surface area contributed by atoms with Crippen LogP contribution in [0.25, 0.3) is 0 Å². The number of nitrogens with one attached hydrogen (secondary N) is 1. The van der Waals surface area contributed by atoms with E-state index in [1.54, 1.807) is 13.2 Å². The molecule has 1 aliphatic rings. The van der Waals surface area contributed by atoms with E-state index in [0.717, 1.165) is 18.4 Å². The van der Waals surface area contributed by atoms with Crippen LogP contribution in [0.2, 0.25) is 0 Å². The van der Waals surface area contributed by atoms with E-state index in [1.165, 1.54) is 10.6 Å². The van der Waals surface area contributed by atoms with Crippen LogP contribution in [0.5, 0.6) is 11.5 Å². The molecule has 1 aromatic carbocycles. The van der Waals surface area contributed by atoms with Gasteiger partial charge in [0.15, 0.2) is 0 Å². The summed E-state index contributed by atoms with van der Waals surface area (Å²) >= 11 is 0. The van der Waals surface area contributed by atoms with Gasteiger partial charge < -0.3 is 15.2 Å². The Morgan fingerprint density at radius 2 is 2.05 bits per heavy atom. The molecule has 1 fully saturated rings. The molecule has 7 heteroatoms. The number of piperidine rings is 1. The molecule has 1 saturated heterocycles. The standard InChI is InChI=1S/C14H22N2O4S/c1-20-13-4-3-11(14(17)9-13)10-15-12-5-7-16(8-6-12)21(2,18)19/h3-4,9,12,15,17H,5-8,10H2,1-2H3. The van der Waals surface area contributed by atoms with Crippen LogP contribution in [0, 0.1) is 0 Å². The highest BCUT2D eigenvalue weighted by Crippen LogP contribution is 2.23. The molecular weight excluding hydrogens is 292 g/mol. The van der Waals surface area contributed by atoms with E-state index in [-0.39, 0.29) is 11.8 Å². The van der Waals surface area contributed by atoms with E-state index in [0.29, 0.717) is 25.4 Å². The van der Waals surface area contributed by atoms with Crippen LogP contribution in [-0.4, -0.2) is 50.3 Å². The van der Waals surface area contributed by atoms with Gasteiger partial charge in [0, 0.05) is 37.3 Å². The lowest BCUT2D eigenvalue weighted by atomic mass is 10.1. The Morgan fingerprint density at radius 3 is 2.57 bits per heavy atom. The molecule has 21 heavy (non-hydrogen) atoms. The zero-order chi connectivity index (χ0) is 15.5. The first-order chi connectivity index (χ1) is 9.90. The van der Waals surface area contributed by atoms with Crippen LogP contribution in [-0.2, 0) is 16.6 Å². The molecule has 1 aliphatic heterocycles. The first-order valence-electron chi connectivity index (χ1n) is 6.94. The predicted molar refractivity (Wildman–Crippen MR) is 80.9 cm³/mol. The Bertz CT molecular complexity index is 581. The van der Waals surface area contributed by atoms with Gasteiger partial charge in [0.1, 0.15) is 11.5 Å². The first kappa shape index (κ1) is 16.1. The largest absolute Gasteiger partial charge is 0.507 e. The van der Waals surface area contributed by atoms with Gasteiger partial charge in [-0.1, -0.05) is 6.07 Å². The number of ether oxygens (including phenoxy) is 1. The maximum Gasteiger partial charge on any atom is 0.211 e. The Hall–Kier alpha value is -1.31. The highest BCUT2D eigenvalue weighted by Gasteiger charge is 2.24. The lowest BCUT2D eigenvalue weighted by Gasteiger charge is -2.30. The van der Waals surface area contributed by atoms with Crippen LogP contribution in [0.1, 0.15) is 18.4 Å². The lowest BCUT2D eigenvalue weighted by molar-refractivity contribution is 0.289. The van der Waals surface area contributed by atoms with Gasteiger partial charge in [-0.05, 0) is 18.9 Å². The third kappa shape index (κ3) is 4.33. The lowest BCUT2D eigenvalue weighted by Crippen LogP contribution is -2.44. The van der Waals surface area contributed by atoms with Gasteiger partial charge in [-0.3, -0.25) is 0 Å². The van der Waals surface area contributed by atoms with Crippen LogP contribution in [0.15, 0.2) is 18.2 Å². The van der Waals surface area contributed by atoms with Crippen molar-refractivity contribution in [1.29, 1.82) is 0 Å². The maximum absolute atomic E-state index is 11.4. The normalized spacial score (nSPS) is 17.8. The van der Waals surface area contributed by atoms with Crippen LogP contribution in [0.3, 0.4) is 0 Å². The quantitative estimate of drug-likeness (QED) is 0.845. The molecule has 0 atom stereocenters.